The van der Waals surface area contributed by atoms with Crippen LogP contribution >= 0.6 is 34.8 Å². The number of aryl methyl sites for hydroxylation is 1. The molecular formula is C24H23Cl3N6O2. The van der Waals surface area contributed by atoms with Crippen LogP contribution in [0.5, 0.6) is 0 Å². The molecule has 0 aliphatic heterocycles. The van der Waals surface area contributed by atoms with Crippen LogP contribution < -0.4 is 10.9 Å². The first-order valence-corrected chi connectivity index (χ1v) is 12.0. The number of aromatic nitrogens is 4. The minimum atomic E-state index is -0.290. The molecule has 0 radical (unpaired) electrons. The van der Waals surface area contributed by atoms with Gasteiger partial charge in [-0.15, -0.1) is 0 Å². The monoisotopic (exact) mass is 532 g/mol. The second-order valence-electron chi connectivity index (χ2n) is 8.30. The van der Waals surface area contributed by atoms with Crippen molar-refractivity contribution in [2.24, 2.45) is 0 Å². The van der Waals surface area contributed by atoms with E-state index >= 15 is 0 Å². The number of hydrogen-bond acceptors (Lipinski definition) is 5. The van der Waals surface area contributed by atoms with Gasteiger partial charge in [0.2, 0.25) is 5.91 Å². The Balaban J connectivity index is 1.70. The molecule has 11 heteroatoms. The molecule has 0 fully saturated rings. The first-order chi connectivity index (χ1) is 16.7. The van der Waals surface area contributed by atoms with Gasteiger partial charge < -0.3 is 15.2 Å². The van der Waals surface area contributed by atoms with Crippen molar-refractivity contribution < 1.29 is 4.79 Å². The van der Waals surface area contributed by atoms with E-state index in [0.717, 1.165) is 5.56 Å². The maximum absolute atomic E-state index is 13.0. The Hall–Kier alpha value is -2.91. The number of aromatic amines is 1. The molecule has 0 atom stereocenters. The highest BCUT2D eigenvalue weighted by Gasteiger charge is 2.21. The lowest BCUT2D eigenvalue weighted by atomic mass is 10.1. The Morgan fingerprint density at radius 3 is 2.37 bits per heavy atom. The summed E-state index contributed by atoms with van der Waals surface area (Å²) in [7, 11) is 3.66. The van der Waals surface area contributed by atoms with Crippen molar-refractivity contribution in [1.29, 1.82) is 0 Å². The minimum Gasteiger partial charge on any atom is -0.325 e. The third kappa shape index (κ3) is 5.51. The van der Waals surface area contributed by atoms with E-state index in [9.17, 15) is 9.59 Å². The van der Waals surface area contributed by atoms with Crippen molar-refractivity contribution in [2.75, 3.05) is 26.0 Å². The number of nitrogens with zero attached hydrogens (tertiary/aromatic N) is 4. The van der Waals surface area contributed by atoms with Crippen LogP contribution in [0.4, 0.5) is 5.69 Å². The number of fused-ring (bicyclic) bond motifs is 1. The van der Waals surface area contributed by atoms with Gasteiger partial charge in [-0.05, 0) is 50.3 Å². The number of benzene rings is 2. The SMILES string of the molecule is CCc1nn(-c2c(Cl)cc(Cl)cc2Cl)c2nc(Cc3ccc(NC(=O)CN(C)C)cc3)[nH]c(=O)c12. The number of carbonyl (C=O) groups is 1. The van der Waals surface area contributed by atoms with E-state index in [1.165, 1.54) is 4.68 Å². The smallest absolute Gasteiger partial charge is 0.262 e. The largest absolute Gasteiger partial charge is 0.325 e. The topological polar surface area (TPSA) is 95.9 Å². The Morgan fingerprint density at radius 2 is 1.77 bits per heavy atom. The second kappa shape index (κ2) is 10.4. The number of nitrogens with one attached hydrogen (secondary N) is 2. The van der Waals surface area contributed by atoms with Gasteiger partial charge in [0.1, 0.15) is 16.9 Å². The molecule has 2 N–H and O–H groups in total. The highest BCUT2D eigenvalue weighted by atomic mass is 35.5. The molecule has 1 amide bonds. The van der Waals surface area contributed by atoms with Crippen LogP contribution in [-0.4, -0.2) is 51.2 Å². The van der Waals surface area contributed by atoms with Gasteiger partial charge in [0.05, 0.1) is 22.3 Å². The van der Waals surface area contributed by atoms with Crippen molar-refractivity contribution in [3.05, 3.63) is 78.9 Å². The van der Waals surface area contributed by atoms with Gasteiger partial charge in [-0.3, -0.25) is 9.59 Å². The average Bonchev–Trinajstić information content (AvgIpc) is 3.12. The quantitative estimate of drug-likeness (QED) is 0.358. The maximum Gasteiger partial charge on any atom is 0.262 e. The van der Waals surface area contributed by atoms with Gasteiger partial charge in [-0.2, -0.15) is 5.10 Å². The summed E-state index contributed by atoms with van der Waals surface area (Å²) in [5, 5.41) is 8.79. The Kier molecular flexibility index (Phi) is 7.47. The van der Waals surface area contributed by atoms with Crippen molar-refractivity contribution in [3.63, 3.8) is 0 Å². The molecule has 2 heterocycles. The van der Waals surface area contributed by atoms with E-state index in [2.05, 4.69) is 15.4 Å². The highest BCUT2D eigenvalue weighted by molar-refractivity contribution is 6.40. The Bertz CT molecular complexity index is 1440. The number of rotatable bonds is 7. The molecule has 0 spiro atoms. The minimum absolute atomic E-state index is 0.0984. The van der Waals surface area contributed by atoms with Crippen LogP contribution in [0, 0.1) is 0 Å². The number of anilines is 1. The fraction of sp³-hybridized carbons (Fsp3) is 0.250. The van der Waals surface area contributed by atoms with Gasteiger partial charge in [-0.1, -0.05) is 53.9 Å². The Morgan fingerprint density at radius 1 is 1.11 bits per heavy atom. The zero-order valence-electron chi connectivity index (χ0n) is 19.3. The van der Waals surface area contributed by atoms with E-state index in [4.69, 9.17) is 39.8 Å². The summed E-state index contributed by atoms with van der Waals surface area (Å²) in [5.74, 6) is 0.357. The molecule has 0 saturated heterocycles. The molecule has 0 unspecified atom stereocenters. The number of hydrogen-bond donors (Lipinski definition) is 2. The van der Waals surface area contributed by atoms with Crippen molar-refractivity contribution in [2.45, 2.75) is 19.8 Å². The van der Waals surface area contributed by atoms with Crippen molar-refractivity contribution in [1.82, 2.24) is 24.6 Å². The van der Waals surface area contributed by atoms with E-state index in [0.29, 0.717) is 68.4 Å². The fourth-order valence-corrected chi connectivity index (χ4v) is 4.73. The Labute approximate surface area is 216 Å². The molecular weight excluding hydrogens is 511 g/mol. The van der Waals surface area contributed by atoms with E-state index in [1.807, 2.05) is 45.3 Å². The van der Waals surface area contributed by atoms with Gasteiger partial charge in [0.15, 0.2) is 5.65 Å². The number of carbonyl (C=O) groups excluding carboxylic acids is 1. The summed E-state index contributed by atoms with van der Waals surface area (Å²) in [4.78, 5) is 34.3. The van der Waals surface area contributed by atoms with E-state index in [1.54, 1.807) is 17.0 Å². The number of H-pyrrole nitrogens is 1. The van der Waals surface area contributed by atoms with Gasteiger partial charge in [-0.25, -0.2) is 9.67 Å². The van der Waals surface area contributed by atoms with Crippen LogP contribution in [0.2, 0.25) is 15.1 Å². The lowest BCUT2D eigenvalue weighted by Gasteiger charge is -2.11. The molecule has 0 aliphatic rings. The van der Waals surface area contributed by atoms with Crippen LogP contribution in [0.3, 0.4) is 0 Å². The first kappa shape index (κ1) is 25.2. The molecule has 4 rings (SSSR count). The highest BCUT2D eigenvalue weighted by Crippen LogP contribution is 2.33. The lowest BCUT2D eigenvalue weighted by Crippen LogP contribution is -2.27. The molecule has 8 nitrogen and oxygen atoms in total. The zero-order valence-corrected chi connectivity index (χ0v) is 21.6. The predicted molar refractivity (Wildman–Crippen MR) is 140 cm³/mol. The molecule has 2 aromatic carbocycles. The molecule has 0 aliphatic carbocycles. The molecule has 4 aromatic rings. The maximum atomic E-state index is 13.0. The standard InChI is InChI=1S/C24H23Cl3N6O2/c1-4-18-21-23(33(31-18)22-16(26)10-14(25)11-17(22)27)29-19(30-24(21)35)9-13-5-7-15(8-6-13)28-20(34)12-32(2)3/h5-8,10-11H,4,9,12H2,1-3H3,(H,28,34)(H,29,30,35). The van der Waals surface area contributed by atoms with Gasteiger partial charge in [0, 0.05) is 17.1 Å². The molecule has 2 aromatic heterocycles. The normalized spacial score (nSPS) is 11.4. The van der Waals surface area contributed by atoms with Crippen LogP contribution in [-0.2, 0) is 17.6 Å². The van der Waals surface area contributed by atoms with Gasteiger partial charge in [0.25, 0.3) is 5.56 Å². The predicted octanol–water partition coefficient (Wildman–Crippen LogP) is 4.72. The third-order valence-corrected chi connectivity index (χ3v) is 6.05. The molecule has 35 heavy (non-hydrogen) atoms. The zero-order chi connectivity index (χ0) is 25.3. The summed E-state index contributed by atoms with van der Waals surface area (Å²) in [6, 6.07) is 10.5. The van der Waals surface area contributed by atoms with E-state index < -0.39 is 0 Å². The molecule has 182 valence electrons. The van der Waals surface area contributed by atoms with E-state index in [-0.39, 0.29) is 11.5 Å². The summed E-state index contributed by atoms with van der Waals surface area (Å²) in [6.07, 6.45) is 0.892. The summed E-state index contributed by atoms with van der Waals surface area (Å²) in [6.45, 7) is 2.20. The van der Waals surface area contributed by atoms with Gasteiger partial charge >= 0.3 is 0 Å². The number of halogens is 3. The summed E-state index contributed by atoms with van der Waals surface area (Å²) in [5.41, 5.74) is 2.66. The summed E-state index contributed by atoms with van der Waals surface area (Å²) >= 11 is 18.9. The number of amides is 1. The summed E-state index contributed by atoms with van der Waals surface area (Å²) < 4.78 is 1.50. The molecule has 0 bridgehead atoms. The molecule has 0 saturated carbocycles. The van der Waals surface area contributed by atoms with Crippen LogP contribution in [0.25, 0.3) is 16.7 Å². The lowest BCUT2D eigenvalue weighted by molar-refractivity contribution is -0.116. The number of likely N-dealkylation sites (N-methyl/N-ethyl adjacent to an activating group) is 1. The third-order valence-electron chi connectivity index (χ3n) is 5.26. The van der Waals surface area contributed by atoms with Crippen LogP contribution in [0.1, 0.15) is 24.0 Å². The average molecular weight is 534 g/mol. The van der Waals surface area contributed by atoms with Crippen LogP contribution in [0.15, 0.2) is 41.2 Å². The fourth-order valence-electron chi connectivity index (χ4n) is 3.75. The van der Waals surface area contributed by atoms with Crippen molar-refractivity contribution >= 4 is 57.4 Å². The second-order valence-corrected chi connectivity index (χ2v) is 9.55. The first-order valence-electron chi connectivity index (χ1n) is 10.9. The van der Waals surface area contributed by atoms with Crippen molar-refractivity contribution in [3.8, 4) is 5.69 Å².